The highest BCUT2D eigenvalue weighted by atomic mass is 35.5. The van der Waals surface area contributed by atoms with Crippen molar-refractivity contribution in [3.8, 4) is 0 Å². The number of rotatable bonds is 5. The molecule has 25 heavy (non-hydrogen) atoms. The van der Waals surface area contributed by atoms with E-state index < -0.39 is 0 Å². The summed E-state index contributed by atoms with van der Waals surface area (Å²) in [4.78, 5) is 20.7. The van der Waals surface area contributed by atoms with E-state index in [1.165, 1.54) is 11.1 Å². The standard InChI is InChI=1S/C16H22N6O.2ClH/c1-10-14(13-5-6-17-7-12(13)8-18-10)9-19-16(23)4-3-15-20-11(2)21-22-15;;/h8,17H,3-7,9H2,1-2H3,(H,19,23)(H,20,21,22);2*1H. The van der Waals surface area contributed by atoms with Crippen molar-refractivity contribution < 1.29 is 4.79 Å². The van der Waals surface area contributed by atoms with E-state index in [1.54, 1.807) is 0 Å². The highest BCUT2D eigenvalue weighted by Gasteiger charge is 2.16. The summed E-state index contributed by atoms with van der Waals surface area (Å²) in [7, 11) is 0. The number of carbonyl (C=O) groups excluding carboxylic acids is 1. The fraction of sp³-hybridized carbons (Fsp3) is 0.500. The second-order valence-corrected chi connectivity index (χ2v) is 5.87. The number of nitrogens with zero attached hydrogens (tertiary/aromatic N) is 3. The van der Waals surface area contributed by atoms with Crippen molar-refractivity contribution in [3.05, 3.63) is 40.2 Å². The predicted octanol–water partition coefficient (Wildman–Crippen LogP) is 1.55. The molecule has 0 aliphatic carbocycles. The van der Waals surface area contributed by atoms with Crippen molar-refractivity contribution in [3.63, 3.8) is 0 Å². The van der Waals surface area contributed by atoms with Gasteiger partial charge < -0.3 is 10.6 Å². The summed E-state index contributed by atoms with van der Waals surface area (Å²) in [6.45, 7) is 6.21. The molecule has 0 atom stereocenters. The van der Waals surface area contributed by atoms with Crippen molar-refractivity contribution in [2.45, 2.75) is 46.2 Å². The topological polar surface area (TPSA) is 95.6 Å². The van der Waals surface area contributed by atoms with Gasteiger partial charge in [0.25, 0.3) is 0 Å². The van der Waals surface area contributed by atoms with Gasteiger partial charge >= 0.3 is 0 Å². The SMILES string of the molecule is Cc1nc(CCC(=O)NCc2c(C)ncc3c2CCNC3)n[nH]1.Cl.Cl. The van der Waals surface area contributed by atoms with Gasteiger partial charge in [-0.3, -0.25) is 14.9 Å². The Bertz CT molecular complexity index is 719. The molecule has 0 radical (unpaired) electrons. The highest BCUT2D eigenvalue weighted by Crippen LogP contribution is 2.20. The lowest BCUT2D eigenvalue weighted by Crippen LogP contribution is -2.29. The first-order valence-corrected chi connectivity index (χ1v) is 7.95. The summed E-state index contributed by atoms with van der Waals surface area (Å²) >= 11 is 0. The Morgan fingerprint density at radius 2 is 2.12 bits per heavy atom. The van der Waals surface area contributed by atoms with Crippen LogP contribution in [0.25, 0.3) is 0 Å². The number of aromatic amines is 1. The summed E-state index contributed by atoms with van der Waals surface area (Å²) in [5.41, 5.74) is 4.73. The minimum atomic E-state index is 0. The first-order valence-electron chi connectivity index (χ1n) is 7.95. The molecule has 138 valence electrons. The van der Waals surface area contributed by atoms with Crippen LogP contribution in [-0.2, 0) is 30.7 Å². The number of amides is 1. The fourth-order valence-corrected chi connectivity index (χ4v) is 2.88. The molecule has 7 nitrogen and oxygen atoms in total. The Balaban J connectivity index is 0.00000156. The number of fused-ring (bicyclic) bond motifs is 1. The zero-order valence-corrected chi connectivity index (χ0v) is 16.0. The number of aromatic nitrogens is 4. The van der Waals surface area contributed by atoms with Crippen LogP contribution in [0.5, 0.6) is 0 Å². The van der Waals surface area contributed by atoms with Gasteiger partial charge in [-0.05, 0) is 43.5 Å². The molecule has 1 amide bonds. The highest BCUT2D eigenvalue weighted by molar-refractivity contribution is 5.85. The molecule has 0 spiro atoms. The quantitative estimate of drug-likeness (QED) is 0.724. The summed E-state index contributed by atoms with van der Waals surface area (Å²) in [5, 5.41) is 13.2. The van der Waals surface area contributed by atoms with Crippen molar-refractivity contribution in [2.75, 3.05) is 6.54 Å². The first-order chi connectivity index (χ1) is 11.1. The molecule has 0 fully saturated rings. The smallest absolute Gasteiger partial charge is 0.220 e. The van der Waals surface area contributed by atoms with E-state index in [0.29, 0.717) is 25.2 Å². The van der Waals surface area contributed by atoms with Gasteiger partial charge in [-0.2, -0.15) is 5.10 Å². The van der Waals surface area contributed by atoms with E-state index in [-0.39, 0.29) is 30.7 Å². The summed E-state index contributed by atoms with van der Waals surface area (Å²) < 4.78 is 0. The van der Waals surface area contributed by atoms with Crippen molar-refractivity contribution in [2.24, 2.45) is 0 Å². The third-order valence-electron chi connectivity index (χ3n) is 4.15. The Labute approximate surface area is 159 Å². The van der Waals surface area contributed by atoms with Gasteiger partial charge in [0.05, 0.1) is 0 Å². The van der Waals surface area contributed by atoms with Crippen LogP contribution in [0.15, 0.2) is 6.20 Å². The Kier molecular flexibility index (Phi) is 8.28. The zero-order chi connectivity index (χ0) is 16.2. The third kappa shape index (κ3) is 5.39. The molecule has 0 unspecified atom stereocenters. The minimum absolute atomic E-state index is 0. The van der Waals surface area contributed by atoms with E-state index in [9.17, 15) is 4.79 Å². The van der Waals surface area contributed by atoms with Gasteiger partial charge in [0.1, 0.15) is 5.82 Å². The average Bonchev–Trinajstić information content (AvgIpc) is 2.97. The number of H-pyrrole nitrogens is 1. The summed E-state index contributed by atoms with van der Waals surface area (Å²) in [6.07, 6.45) is 3.86. The molecule has 1 aliphatic heterocycles. The van der Waals surface area contributed by atoms with Crippen LogP contribution >= 0.6 is 24.8 Å². The van der Waals surface area contributed by atoms with Gasteiger partial charge in [0.15, 0.2) is 5.82 Å². The molecular formula is C16H24Cl2N6O. The molecule has 1 aliphatic rings. The molecule has 0 saturated carbocycles. The molecule has 0 saturated heterocycles. The lowest BCUT2D eigenvalue weighted by molar-refractivity contribution is -0.121. The van der Waals surface area contributed by atoms with Crippen molar-refractivity contribution in [1.29, 1.82) is 0 Å². The number of nitrogens with one attached hydrogen (secondary N) is 3. The van der Waals surface area contributed by atoms with Gasteiger partial charge in [-0.1, -0.05) is 0 Å². The van der Waals surface area contributed by atoms with Gasteiger partial charge in [-0.15, -0.1) is 24.8 Å². The van der Waals surface area contributed by atoms with Gasteiger partial charge in [0, 0.05) is 37.8 Å². The number of pyridine rings is 1. The Morgan fingerprint density at radius 3 is 2.84 bits per heavy atom. The van der Waals surface area contributed by atoms with E-state index in [2.05, 4.69) is 30.8 Å². The lowest BCUT2D eigenvalue weighted by atomic mass is 9.96. The number of carbonyl (C=O) groups is 1. The normalized spacial score (nSPS) is 12.6. The number of aryl methyl sites for hydroxylation is 3. The average molecular weight is 387 g/mol. The first kappa shape index (κ1) is 21.3. The maximum atomic E-state index is 12.1. The van der Waals surface area contributed by atoms with Gasteiger partial charge in [-0.25, -0.2) is 4.98 Å². The molecular weight excluding hydrogens is 363 g/mol. The van der Waals surface area contributed by atoms with Crippen LogP contribution in [0.1, 0.15) is 40.5 Å². The van der Waals surface area contributed by atoms with Crippen LogP contribution in [0.2, 0.25) is 0 Å². The number of halogens is 2. The van der Waals surface area contributed by atoms with Crippen LogP contribution in [0.3, 0.4) is 0 Å². The van der Waals surface area contributed by atoms with Crippen LogP contribution in [0, 0.1) is 13.8 Å². The van der Waals surface area contributed by atoms with E-state index in [1.807, 2.05) is 20.0 Å². The maximum absolute atomic E-state index is 12.1. The van der Waals surface area contributed by atoms with Gasteiger partial charge in [0.2, 0.25) is 5.91 Å². The van der Waals surface area contributed by atoms with Crippen LogP contribution in [0.4, 0.5) is 0 Å². The number of hydrogen-bond donors (Lipinski definition) is 3. The second-order valence-electron chi connectivity index (χ2n) is 5.87. The van der Waals surface area contributed by atoms with Crippen LogP contribution in [-0.4, -0.2) is 32.6 Å². The van der Waals surface area contributed by atoms with Crippen LogP contribution < -0.4 is 10.6 Å². The Hall–Kier alpha value is -1.70. The molecule has 0 aromatic carbocycles. The van der Waals surface area contributed by atoms with E-state index >= 15 is 0 Å². The Morgan fingerprint density at radius 1 is 1.32 bits per heavy atom. The molecule has 3 heterocycles. The largest absolute Gasteiger partial charge is 0.352 e. The van der Waals surface area contributed by atoms with Crippen molar-refractivity contribution in [1.82, 2.24) is 30.8 Å². The van der Waals surface area contributed by atoms with E-state index in [4.69, 9.17) is 0 Å². The van der Waals surface area contributed by atoms with Crippen molar-refractivity contribution >= 4 is 30.7 Å². The minimum Gasteiger partial charge on any atom is -0.352 e. The lowest BCUT2D eigenvalue weighted by Gasteiger charge is -2.21. The zero-order valence-electron chi connectivity index (χ0n) is 14.4. The second kappa shape index (κ2) is 9.70. The molecule has 0 bridgehead atoms. The third-order valence-corrected chi connectivity index (χ3v) is 4.15. The monoisotopic (exact) mass is 386 g/mol. The summed E-state index contributed by atoms with van der Waals surface area (Å²) in [5.74, 6) is 1.46. The van der Waals surface area contributed by atoms with E-state index in [0.717, 1.165) is 36.6 Å². The summed E-state index contributed by atoms with van der Waals surface area (Å²) in [6, 6.07) is 0. The predicted molar refractivity (Wildman–Crippen MR) is 100 cm³/mol. The molecule has 9 heteroatoms. The molecule has 2 aromatic rings. The number of hydrogen-bond acceptors (Lipinski definition) is 5. The molecule has 2 aromatic heterocycles. The molecule has 3 rings (SSSR count). The molecule has 3 N–H and O–H groups in total. The maximum Gasteiger partial charge on any atom is 0.220 e. The fourth-order valence-electron chi connectivity index (χ4n) is 2.88.